The Bertz CT molecular complexity index is 733. The van der Waals surface area contributed by atoms with Crippen LogP contribution in [0.5, 0.6) is 0 Å². The van der Waals surface area contributed by atoms with Crippen LogP contribution in [0.15, 0.2) is 53.7 Å². The standard InChI is InChI=1S/C14H13ClN2O3S/c15-12-4-1-3-11(9-12)6-7-14(18)17-21(19,20)13-5-2-8-16-10-13/h1-5,8-10H,6-7H2,(H,17,18). The van der Waals surface area contributed by atoms with Gasteiger partial charge < -0.3 is 0 Å². The summed E-state index contributed by atoms with van der Waals surface area (Å²) in [6.45, 7) is 0. The van der Waals surface area contributed by atoms with Gasteiger partial charge in [-0.25, -0.2) is 13.1 Å². The van der Waals surface area contributed by atoms with E-state index in [1.54, 1.807) is 18.2 Å². The van der Waals surface area contributed by atoms with Gasteiger partial charge in [0.2, 0.25) is 5.91 Å². The fourth-order valence-corrected chi connectivity index (χ4v) is 2.91. The molecule has 0 unspecified atom stereocenters. The minimum Gasteiger partial charge on any atom is -0.274 e. The SMILES string of the molecule is O=C(CCc1cccc(Cl)c1)NS(=O)(=O)c1cccnc1. The van der Waals surface area contributed by atoms with Gasteiger partial charge in [-0.05, 0) is 36.2 Å². The fourth-order valence-electron chi connectivity index (χ4n) is 1.72. The summed E-state index contributed by atoms with van der Waals surface area (Å²) in [4.78, 5) is 15.4. The molecule has 1 N–H and O–H groups in total. The van der Waals surface area contributed by atoms with E-state index in [1.165, 1.54) is 24.5 Å². The summed E-state index contributed by atoms with van der Waals surface area (Å²) >= 11 is 5.84. The van der Waals surface area contributed by atoms with Crippen molar-refractivity contribution in [3.63, 3.8) is 0 Å². The van der Waals surface area contributed by atoms with E-state index in [2.05, 4.69) is 4.98 Å². The predicted molar refractivity (Wildman–Crippen MR) is 79.3 cm³/mol. The molecule has 0 fully saturated rings. The van der Waals surface area contributed by atoms with Gasteiger partial charge in [0, 0.05) is 23.8 Å². The summed E-state index contributed by atoms with van der Waals surface area (Å²) in [6.07, 6.45) is 3.11. The normalized spacial score (nSPS) is 11.1. The third kappa shape index (κ3) is 4.54. The zero-order valence-electron chi connectivity index (χ0n) is 11.0. The quantitative estimate of drug-likeness (QED) is 0.914. The molecule has 0 aliphatic heterocycles. The number of carbonyl (C=O) groups excluding carboxylic acids is 1. The first-order valence-corrected chi connectivity index (χ1v) is 8.03. The van der Waals surface area contributed by atoms with Crippen molar-refractivity contribution in [3.8, 4) is 0 Å². The summed E-state index contributed by atoms with van der Waals surface area (Å²) in [7, 11) is -3.86. The van der Waals surface area contributed by atoms with Gasteiger partial charge in [0.05, 0.1) is 0 Å². The number of nitrogens with zero attached hydrogens (tertiary/aromatic N) is 1. The summed E-state index contributed by atoms with van der Waals surface area (Å²) in [5.74, 6) is -0.571. The summed E-state index contributed by atoms with van der Waals surface area (Å²) in [6, 6.07) is 9.95. The second-order valence-corrected chi connectivity index (χ2v) is 6.47. The number of nitrogens with one attached hydrogen (secondary N) is 1. The molecule has 0 saturated heterocycles. The van der Waals surface area contributed by atoms with E-state index in [0.717, 1.165) is 5.56 Å². The van der Waals surface area contributed by atoms with E-state index in [9.17, 15) is 13.2 Å². The first-order chi connectivity index (χ1) is 9.97. The minimum absolute atomic E-state index is 0.0406. The molecular weight excluding hydrogens is 312 g/mol. The van der Waals surface area contributed by atoms with Crippen LogP contribution in [0, 0.1) is 0 Å². The lowest BCUT2D eigenvalue weighted by Crippen LogP contribution is -2.30. The largest absolute Gasteiger partial charge is 0.274 e. The average molecular weight is 325 g/mol. The fraction of sp³-hybridized carbons (Fsp3) is 0.143. The topological polar surface area (TPSA) is 76.1 Å². The number of benzene rings is 1. The van der Waals surface area contributed by atoms with Gasteiger partial charge in [0.25, 0.3) is 10.0 Å². The van der Waals surface area contributed by atoms with Crippen LogP contribution in [-0.2, 0) is 21.2 Å². The molecule has 0 atom stereocenters. The zero-order valence-corrected chi connectivity index (χ0v) is 12.6. The van der Waals surface area contributed by atoms with Crippen molar-refractivity contribution in [2.75, 3.05) is 0 Å². The Morgan fingerprint density at radius 1 is 1.24 bits per heavy atom. The monoisotopic (exact) mass is 324 g/mol. The molecule has 2 aromatic rings. The van der Waals surface area contributed by atoms with Crippen molar-refractivity contribution in [3.05, 3.63) is 59.4 Å². The van der Waals surface area contributed by atoms with Crippen LogP contribution in [0.1, 0.15) is 12.0 Å². The van der Waals surface area contributed by atoms with Crippen molar-refractivity contribution in [2.45, 2.75) is 17.7 Å². The van der Waals surface area contributed by atoms with Crippen LogP contribution >= 0.6 is 11.6 Å². The number of aryl methyl sites for hydroxylation is 1. The second-order valence-electron chi connectivity index (χ2n) is 4.35. The molecule has 0 aliphatic carbocycles. The molecule has 1 aromatic carbocycles. The molecule has 1 aromatic heterocycles. The first-order valence-electron chi connectivity index (χ1n) is 6.17. The lowest BCUT2D eigenvalue weighted by atomic mass is 10.1. The van der Waals surface area contributed by atoms with Gasteiger partial charge in [-0.2, -0.15) is 0 Å². The maximum atomic E-state index is 11.9. The number of pyridine rings is 1. The molecule has 1 heterocycles. The smallest absolute Gasteiger partial charge is 0.265 e. The van der Waals surface area contributed by atoms with Crippen molar-refractivity contribution in [1.29, 1.82) is 0 Å². The Morgan fingerprint density at radius 3 is 2.71 bits per heavy atom. The van der Waals surface area contributed by atoms with Crippen molar-refractivity contribution < 1.29 is 13.2 Å². The zero-order chi connectivity index (χ0) is 15.3. The first kappa shape index (κ1) is 15.5. The van der Waals surface area contributed by atoms with Crippen LogP contribution in [-0.4, -0.2) is 19.3 Å². The number of hydrogen-bond acceptors (Lipinski definition) is 4. The lowest BCUT2D eigenvalue weighted by Gasteiger charge is -2.06. The van der Waals surface area contributed by atoms with Gasteiger partial charge in [0.15, 0.2) is 0 Å². The number of hydrogen-bond donors (Lipinski definition) is 1. The van der Waals surface area contributed by atoms with E-state index >= 15 is 0 Å². The number of halogens is 1. The van der Waals surface area contributed by atoms with Gasteiger partial charge in [-0.3, -0.25) is 9.78 Å². The van der Waals surface area contributed by atoms with E-state index < -0.39 is 15.9 Å². The predicted octanol–water partition coefficient (Wildman–Crippen LogP) is 2.17. The van der Waals surface area contributed by atoms with Gasteiger partial charge in [-0.1, -0.05) is 23.7 Å². The van der Waals surface area contributed by atoms with E-state index in [1.807, 2.05) is 10.8 Å². The third-order valence-electron chi connectivity index (χ3n) is 2.72. The van der Waals surface area contributed by atoms with Crippen molar-refractivity contribution >= 4 is 27.5 Å². The summed E-state index contributed by atoms with van der Waals surface area (Å²) in [5.41, 5.74) is 0.872. The Labute approximate surface area is 128 Å². The van der Waals surface area contributed by atoms with Crippen LogP contribution in [0.25, 0.3) is 0 Å². The molecule has 0 radical (unpaired) electrons. The maximum Gasteiger partial charge on any atom is 0.265 e. The number of amides is 1. The van der Waals surface area contributed by atoms with Gasteiger partial charge in [0.1, 0.15) is 4.90 Å². The Kier molecular flexibility index (Phi) is 4.93. The van der Waals surface area contributed by atoms with E-state index in [0.29, 0.717) is 11.4 Å². The molecule has 0 spiro atoms. The highest BCUT2D eigenvalue weighted by molar-refractivity contribution is 7.90. The van der Waals surface area contributed by atoms with E-state index in [4.69, 9.17) is 11.6 Å². The highest BCUT2D eigenvalue weighted by atomic mass is 35.5. The number of rotatable bonds is 5. The molecule has 21 heavy (non-hydrogen) atoms. The molecule has 5 nitrogen and oxygen atoms in total. The maximum absolute atomic E-state index is 11.9. The van der Waals surface area contributed by atoms with Gasteiger partial charge >= 0.3 is 0 Å². The van der Waals surface area contributed by atoms with Crippen LogP contribution < -0.4 is 4.72 Å². The van der Waals surface area contributed by atoms with Crippen molar-refractivity contribution in [2.24, 2.45) is 0 Å². The molecular formula is C14H13ClN2O3S. The molecule has 0 aliphatic rings. The lowest BCUT2D eigenvalue weighted by molar-refractivity contribution is -0.119. The highest BCUT2D eigenvalue weighted by Gasteiger charge is 2.17. The van der Waals surface area contributed by atoms with Gasteiger partial charge in [-0.15, -0.1) is 0 Å². The van der Waals surface area contributed by atoms with Crippen molar-refractivity contribution in [1.82, 2.24) is 9.71 Å². The Morgan fingerprint density at radius 2 is 2.05 bits per heavy atom. The molecule has 7 heteroatoms. The van der Waals surface area contributed by atoms with Crippen LogP contribution in [0.3, 0.4) is 0 Å². The molecule has 1 amide bonds. The number of carbonyl (C=O) groups is 1. The average Bonchev–Trinajstić information content (AvgIpc) is 2.46. The molecule has 0 saturated carbocycles. The minimum atomic E-state index is -3.86. The Balaban J connectivity index is 1.96. The van der Waals surface area contributed by atoms with Crippen LogP contribution in [0.2, 0.25) is 5.02 Å². The number of aromatic nitrogens is 1. The molecule has 110 valence electrons. The second kappa shape index (κ2) is 6.69. The highest BCUT2D eigenvalue weighted by Crippen LogP contribution is 2.12. The third-order valence-corrected chi connectivity index (χ3v) is 4.32. The van der Waals surface area contributed by atoms with E-state index in [-0.39, 0.29) is 11.3 Å². The number of sulfonamides is 1. The summed E-state index contributed by atoms with van der Waals surface area (Å²) in [5, 5.41) is 0.580. The van der Waals surface area contributed by atoms with Crippen LogP contribution in [0.4, 0.5) is 0 Å². The summed E-state index contributed by atoms with van der Waals surface area (Å²) < 4.78 is 25.8. The Hall–Kier alpha value is -1.92. The molecule has 0 bridgehead atoms. The molecule has 2 rings (SSSR count).